The molecule has 0 radical (unpaired) electrons. The number of Topliss-reactive ketones (excluding diaryl/α,β-unsaturated/α-hetero) is 1. The molecule has 38 heavy (non-hydrogen) atoms. The molecule has 1 aliphatic heterocycles. The number of carbonyl (C=O) groups excluding carboxylic acids is 2. The number of hydrogen-bond donors (Lipinski definition) is 1. The molecule has 2 heterocycles. The average molecular weight is 513 g/mol. The van der Waals surface area contributed by atoms with Crippen molar-refractivity contribution >= 4 is 17.4 Å². The van der Waals surface area contributed by atoms with E-state index in [1.807, 2.05) is 43.3 Å². The molecule has 2 aromatic carbocycles. The molecule has 4 rings (SSSR count). The minimum absolute atomic E-state index is 0.0491. The van der Waals surface area contributed by atoms with Crippen LogP contribution in [0.2, 0.25) is 0 Å². The Hall–Kier alpha value is -3.93. The van der Waals surface area contributed by atoms with E-state index in [9.17, 15) is 14.7 Å². The van der Waals surface area contributed by atoms with Gasteiger partial charge in [0.1, 0.15) is 11.5 Å². The van der Waals surface area contributed by atoms with Crippen LogP contribution in [0.1, 0.15) is 68.5 Å². The van der Waals surface area contributed by atoms with Crippen molar-refractivity contribution in [3.8, 4) is 5.75 Å². The van der Waals surface area contributed by atoms with Gasteiger partial charge in [0, 0.05) is 24.5 Å². The van der Waals surface area contributed by atoms with Crippen molar-refractivity contribution in [3.63, 3.8) is 0 Å². The fourth-order valence-corrected chi connectivity index (χ4v) is 4.64. The Balaban J connectivity index is 1.81. The largest absolute Gasteiger partial charge is 0.507 e. The molecule has 6 nitrogen and oxygen atoms in total. The molecule has 1 unspecified atom stereocenters. The fraction of sp³-hybridized carbons (Fsp3) is 0.344. The number of benzene rings is 2. The van der Waals surface area contributed by atoms with Crippen molar-refractivity contribution in [1.82, 2.24) is 9.88 Å². The van der Waals surface area contributed by atoms with Gasteiger partial charge < -0.3 is 14.7 Å². The first kappa shape index (κ1) is 27.1. The number of carbonyl (C=O) groups is 2. The second kappa shape index (κ2) is 10.8. The predicted octanol–water partition coefficient (Wildman–Crippen LogP) is 6.34. The zero-order valence-electron chi connectivity index (χ0n) is 23.0. The molecule has 1 saturated heterocycles. The van der Waals surface area contributed by atoms with Gasteiger partial charge in [0.2, 0.25) is 0 Å². The zero-order valence-corrected chi connectivity index (χ0v) is 23.0. The second-order valence-electron chi connectivity index (χ2n) is 11.3. The quantitative estimate of drug-likeness (QED) is 0.227. The number of aryl methyl sites for hydroxylation is 1. The Kier molecular flexibility index (Phi) is 7.72. The topological polar surface area (TPSA) is 79.7 Å². The number of likely N-dealkylation sites (tertiary alicyclic amines) is 1. The Bertz CT molecular complexity index is 1350. The first-order chi connectivity index (χ1) is 18.0. The Morgan fingerprint density at radius 2 is 1.79 bits per heavy atom. The van der Waals surface area contributed by atoms with E-state index < -0.39 is 17.7 Å². The summed E-state index contributed by atoms with van der Waals surface area (Å²) < 4.78 is 5.83. The van der Waals surface area contributed by atoms with Gasteiger partial charge in [-0.1, -0.05) is 65.0 Å². The summed E-state index contributed by atoms with van der Waals surface area (Å²) in [6, 6.07) is 16.2. The second-order valence-corrected chi connectivity index (χ2v) is 11.3. The lowest BCUT2D eigenvalue weighted by atomic mass is 9.85. The van der Waals surface area contributed by atoms with Crippen LogP contribution in [0.3, 0.4) is 0 Å². The van der Waals surface area contributed by atoms with Crippen LogP contribution < -0.4 is 4.74 Å². The van der Waals surface area contributed by atoms with Crippen LogP contribution >= 0.6 is 0 Å². The lowest BCUT2D eigenvalue weighted by Crippen LogP contribution is -2.29. The molecule has 1 aromatic heterocycles. The van der Waals surface area contributed by atoms with Gasteiger partial charge in [0.05, 0.1) is 18.2 Å². The monoisotopic (exact) mass is 512 g/mol. The fourth-order valence-electron chi connectivity index (χ4n) is 4.64. The lowest BCUT2D eigenvalue weighted by molar-refractivity contribution is -0.140. The molecule has 0 spiro atoms. The Morgan fingerprint density at radius 1 is 1.08 bits per heavy atom. The summed E-state index contributed by atoms with van der Waals surface area (Å²) in [5, 5.41) is 11.5. The van der Waals surface area contributed by atoms with Gasteiger partial charge in [0.25, 0.3) is 11.7 Å². The summed E-state index contributed by atoms with van der Waals surface area (Å²) in [6.45, 7) is 13.2. The number of hydrogen-bond acceptors (Lipinski definition) is 5. The SMILES string of the molecule is Cc1cc(OCC(C)C)ccc1C(O)=C1C(=O)C(=O)N(Cc2cccnc2)C1c1ccc(C(C)(C)C)cc1. The van der Waals surface area contributed by atoms with Crippen molar-refractivity contribution in [2.45, 2.75) is 59.5 Å². The smallest absolute Gasteiger partial charge is 0.295 e. The van der Waals surface area contributed by atoms with Crippen molar-refractivity contribution in [3.05, 3.63) is 100 Å². The van der Waals surface area contributed by atoms with Gasteiger partial charge in [-0.2, -0.15) is 0 Å². The molecule has 0 saturated carbocycles. The van der Waals surface area contributed by atoms with Crippen LogP contribution in [0, 0.1) is 12.8 Å². The Morgan fingerprint density at radius 3 is 2.37 bits per heavy atom. The van der Waals surface area contributed by atoms with E-state index in [0.29, 0.717) is 23.8 Å². The van der Waals surface area contributed by atoms with E-state index in [0.717, 1.165) is 22.3 Å². The maximum Gasteiger partial charge on any atom is 0.295 e. The number of ether oxygens (including phenoxy) is 1. The molecule has 0 aliphatic carbocycles. The minimum Gasteiger partial charge on any atom is -0.507 e. The van der Waals surface area contributed by atoms with Crippen LogP contribution in [0.15, 0.2) is 72.6 Å². The molecular weight excluding hydrogens is 476 g/mol. The van der Waals surface area contributed by atoms with Crippen molar-refractivity contribution in [2.75, 3.05) is 6.61 Å². The molecule has 1 atom stereocenters. The number of nitrogens with zero attached hydrogens (tertiary/aromatic N) is 2. The number of aromatic nitrogens is 1. The highest BCUT2D eigenvalue weighted by molar-refractivity contribution is 6.46. The molecule has 1 N–H and O–H groups in total. The highest BCUT2D eigenvalue weighted by Gasteiger charge is 2.46. The minimum atomic E-state index is -0.736. The predicted molar refractivity (Wildman–Crippen MR) is 149 cm³/mol. The van der Waals surface area contributed by atoms with Crippen LogP contribution in [0.4, 0.5) is 0 Å². The zero-order chi connectivity index (χ0) is 27.6. The molecule has 1 amide bonds. The number of aliphatic hydroxyl groups is 1. The van der Waals surface area contributed by atoms with Crippen LogP contribution in [0.25, 0.3) is 5.76 Å². The average Bonchev–Trinajstić information content (AvgIpc) is 3.12. The van der Waals surface area contributed by atoms with Gasteiger partial charge in [-0.25, -0.2) is 0 Å². The summed E-state index contributed by atoms with van der Waals surface area (Å²) in [4.78, 5) is 32.5. The van der Waals surface area contributed by atoms with Crippen molar-refractivity contribution < 1.29 is 19.4 Å². The number of ketones is 1. The first-order valence-corrected chi connectivity index (χ1v) is 13.0. The lowest BCUT2D eigenvalue weighted by Gasteiger charge is -2.26. The highest BCUT2D eigenvalue weighted by Crippen LogP contribution is 2.41. The van der Waals surface area contributed by atoms with E-state index in [-0.39, 0.29) is 23.3 Å². The summed E-state index contributed by atoms with van der Waals surface area (Å²) in [5.74, 6) is -0.455. The van der Waals surface area contributed by atoms with Gasteiger partial charge in [-0.3, -0.25) is 14.6 Å². The third-order valence-electron chi connectivity index (χ3n) is 6.74. The maximum absolute atomic E-state index is 13.4. The summed E-state index contributed by atoms with van der Waals surface area (Å²) in [5.41, 5.74) is 3.99. The highest BCUT2D eigenvalue weighted by atomic mass is 16.5. The Labute approximate surface area is 225 Å². The summed E-state index contributed by atoms with van der Waals surface area (Å²) in [7, 11) is 0. The standard InChI is InChI=1S/C32H36N2O4/c1-20(2)19-38-25-13-14-26(21(3)16-25)29(35)27-28(23-9-11-24(12-10-23)32(4,5)6)34(31(37)30(27)36)18-22-8-7-15-33-17-22/h7-17,20,28,35H,18-19H2,1-6H3. The van der Waals surface area contributed by atoms with Crippen LogP contribution in [-0.4, -0.2) is 33.3 Å². The normalized spacial score (nSPS) is 17.3. The maximum atomic E-state index is 13.4. The van der Waals surface area contributed by atoms with E-state index in [4.69, 9.17) is 4.74 Å². The molecular formula is C32H36N2O4. The number of pyridine rings is 1. The third-order valence-corrected chi connectivity index (χ3v) is 6.74. The molecule has 198 valence electrons. The van der Waals surface area contributed by atoms with Crippen LogP contribution in [0.5, 0.6) is 5.75 Å². The van der Waals surface area contributed by atoms with Crippen LogP contribution in [-0.2, 0) is 21.5 Å². The summed E-state index contributed by atoms with van der Waals surface area (Å²) >= 11 is 0. The van der Waals surface area contributed by atoms with E-state index in [2.05, 4.69) is 39.6 Å². The van der Waals surface area contributed by atoms with Gasteiger partial charge >= 0.3 is 0 Å². The van der Waals surface area contributed by atoms with E-state index in [1.54, 1.807) is 30.6 Å². The van der Waals surface area contributed by atoms with E-state index >= 15 is 0 Å². The van der Waals surface area contributed by atoms with Gasteiger partial charge in [-0.15, -0.1) is 0 Å². The van der Waals surface area contributed by atoms with Gasteiger partial charge in [0.15, 0.2) is 0 Å². The molecule has 1 fully saturated rings. The van der Waals surface area contributed by atoms with Gasteiger partial charge in [-0.05, 0) is 64.8 Å². The number of amides is 1. The summed E-state index contributed by atoms with van der Waals surface area (Å²) in [6.07, 6.45) is 3.34. The molecule has 1 aliphatic rings. The first-order valence-electron chi connectivity index (χ1n) is 13.0. The number of rotatable bonds is 7. The third kappa shape index (κ3) is 5.64. The van der Waals surface area contributed by atoms with Crippen molar-refractivity contribution in [1.29, 1.82) is 0 Å². The molecule has 3 aromatic rings. The number of aliphatic hydroxyl groups excluding tert-OH is 1. The van der Waals surface area contributed by atoms with Crippen molar-refractivity contribution in [2.24, 2.45) is 5.92 Å². The van der Waals surface area contributed by atoms with E-state index in [1.165, 1.54) is 4.90 Å². The molecule has 0 bridgehead atoms. The molecule has 6 heteroatoms.